The third-order valence-electron chi connectivity index (χ3n) is 4.04. The standard InChI is InChI=1S/C20H29N5OS.HI/c1-24(2)19(26)16-23-20(22-15-18-11-7-14-27-18)21-12-8-13-25(3)17-9-5-4-6-10-17;/h4-7,9-11,14H,8,12-13,15-16H2,1-3H3,(H2,21,22,23);1H. The van der Waals surface area contributed by atoms with Crippen molar-refractivity contribution in [3.05, 3.63) is 52.7 Å². The molecule has 2 rings (SSSR count). The lowest BCUT2D eigenvalue weighted by molar-refractivity contribution is -0.127. The van der Waals surface area contributed by atoms with Gasteiger partial charge in [0.2, 0.25) is 5.91 Å². The number of rotatable bonds is 9. The number of amides is 1. The van der Waals surface area contributed by atoms with E-state index in [0.717, 1.165) is 19.5 Å². The summed E-state index contributed by atoms with van der Waals surface area (Å²) in [5, 5.41) is 8.68. The van der Waals surface area contributed by atoms with Crippen LogP contribution >= 0.6 is 35.3 Å². The highest BCUT2D eigenvalue weighted by molar-refractivity contribution is 14.0. The smallest absolute Gasteiger partial charge is 0.243 e. The molecule has 0 aliphatic heterocycles. The Balaban J connectivity index is 0.00000392. The summed E-state index contributed by atoms with van der Waals surface area (Å²) in [5.41, 5.74) is 1.21. The maximum absolute atomic E-state index is 11.8. The molecule has 154 valence electrons. The Hall–Kier alpha value is -1.81. The van der Waals surface area contributed by atoms with Crippen LogP contribution in [0.25, 0.3) is 0 Å². The van der Waals surface area contributed by atoms with Crippen LogP contribution in [0.4, 0.5) is 5.69 Å². The molecular formula is C20H30IN5OS. The molecule has 1 heterocycles. The number of aliphatic imine (C=N–C) groups is 1. The molecule has 0 aliphatic carbocycles. The molecule has 1 amide bonds. The molecule has 0 spiro atoms. The first-order valence-corrected chi connectivity index (χ1v) is 9.95. The number of para-hydroxylation sites is 1. The van der Waals surface area contributed by atoms with E-state index in [9.17, 15) is 4.79 Å². The number of nitrogens with zero attached hydrogens (tertiary/aromatic N) is 3. The molecular weight excluding hydrogens is 485 g/mol. The summed E-state index contributed by atoms with van der Waals surface area (Å²) in [7, 11) is 5.57. The Morgan fingerprint density at radius 1 is 1.07 bits per heavy atom. The minimum atomic E-state index is -0.0176. The number of hydrogen-bond donors (Lipinski definition) is 2. The summed E-state index contributed by atoms with van der Waals surface area (Å²) in [6.45, 7) is 2.55. The van der Waals surface area contributed by atoms with Gasteiger partial charge in [-0.25, -0.2) is 4.99 Å². The predicted molar refractivity (Wildman–Crippen MR) is 130 cm³/mol. The van der Waals surface area contributed by atoms with Gasteiger partial charge in [-0.3, -0.25) is 4.79 Å². The van der Waals surface area contributed by atoms with Gasteiger partial charge in [0.05, 0.1) is 6.54 Å². The van der Waals surface area contributed by atoms with Crippen LogP contribution in [-0.2, 0) is 11.3 Å². The first-order chi connectivity index (χ1) is 13.1. The number of hydrogen-bond acceptors (Lipinski definition) is 4. The van der Waals surface area contributed by atoms with Crippen LogP contribution in [-0.4, -0.2) is 57.5 Å². The van der Waals surface area contributed by atoms with Crippen LogP contribution in [0, 0.1) is 0 Å². The number of likely N-dealkylation sites (N-methyl/N-ethyl adjacent to an activating group) is 1. The number of carbonyl (C=O) groups excluding carboxylic acids is 1. The fourth-order valence-corrected chi connectivity index (χ4v) is 3.03. The zero-order chi connectivity index (χ0) is 19.5. The molecule has 0 radical (unpaired) electrons. The van der Waals surface area contributed by atoms with Crippen LogP contribution in [0.1, 0.15) is 11.3 Å². The van der Waals surface area contributed by atoms with Gasteiger partial charge in [0, 0.05) is 44.8 Å². The van der Waals surface area contributed by atoms with Crippen molar-refractivity contribution in [3.63, 3.8) is 0 Å². The molecule has 0 saturated heterocycles. The van der Waals surface area contributed by atoms with Crippen LogP contribution < -0.4 is 15.5 Å². The second-order valence-corrected chi connectivity index (χ2v) is 7.46. The molecule has 0 fully saturated rings. The maximum Gasteiger partial charge on any atom is 0.243 e. The molecule has 1 aromatic heterocycles. The van der Waals surface area contributed by atoms with Crippen molar-refractivity contribution < 1.29 is 4.79 Å². The molecule has 0 aliphatic rings. The summed E-state index contributed by atoms with van der Waals surface area (Å²) in [4.78, 5) is 21.2. The molecule has 6 nitrogen and oxygen atoms in total. The second kappa shape index (κ2) is 13.4. The first-order valence-electron chi connectivity index (χ1n) is 9.07. The summed E-state index contributed by atoms with van der Waals surface area (Å²) < 4.78 is 0. The highest BCUT2D eigenvalue weighted by atomic mass is 127. The van der Waals surface area contributed by atoms with Crippen LogP contribution in [0.3, 0.4) is 0 Å². The maximum atomic E-state index is 11.8. The Kier molecular flexibility index (Phi) is 11.6. The number of thiophene rings is 1. The SMILES string of the molecule is CN(C)C(=O)CN=C(NCCCN(C)c1ccccc1)NCc1cccs1.I. The summed E-state index contributed by atoms with van der Waals surface area (Å²) in [6, 6.07) is 14.4. The van der Waals surface area contributed by atoms with Crippen LogP contribution in [0.15, 0.2) is 52.8 Å². The molecule has 2 N–H and O–H groups in total. The Labute approximate surface area is 189 Å². The van der Waals surface area contributed by atoms with E-state index in [1.165, 1.54) is 10.6 Å². The normalized spacial score (nSPS) is 10.8. The molecule has 1 aromatic carbocycles. The van der Waals surface area contributed by atoms with Crippen molar-refractivity contribution in [2.24, 2.45) is 4.99 Å². The molecule has 0 bridgehead atoms. The Morgan fingerprint density at radius 2 is 1.82 bits per heavy atom. The third kappa shape index (κ3) is 8.92. The number of halogens is 1. The highest BCUT2D eigenvalue weighted by Gasteiger charge is 2.05. The number of guanidine groups is 1. The molecule has 8 heteroatoms. The Bertz CT molecular complexity index is 707. The van der Waals surface area contributed by atoms with Gasteiger partial charge < -0.3 is 20.4 Å². The minimum Gasteiger partial charge on any atom is -0.375 e. The monoisotopic (exact) mass is 515 g/mol. The van der Waals surface area contributed by atoms with E-state index in [0.29, 0.717) is 12.5 Å². The Morgan fingerprint density at radius 3 is 2.46 bits per heavy atom. The molecule has 0 atom stereocenters. The average molecular weight is 515 g/mol. The summed E-state index contributed by atoms with van der Waals surface area (Å²) in [6.07, 6.45) is 0.965. The predicted octanol–water partition coefficient (Wildman–Crippen LogP) is 3.02. The third-order valence-corrected chi connectivity index (χ3v) is 4.92. The highest BCUT2D eigenvalue weighted by Crippen LogP contribution is 2.10. The van der Waals surface area contributed by atoms with Gasteiger partial charge >= 0.3 is 0 Å². The number of anilines is 1. The minimum absolute atomic E-state index is 0. The number of carbonyl (C=O) groups is 1. The van der Waals surface area contributed by atoms with E-state index in [1.807, 2.05) is 24.3 Å². The first kappa shape index (κ1) is 24.2. The zero-order valence-corrected chi connectivity index (χ0v) is 19.9. The van der Waals surface area contributed by atoms with E-state index in [-0.39, 0.29) is 36.4 Å². The van der Waals surface area contributed by atoms with Gasteiger partial charge in [-0.2, -0.15) is 0 Å². The topological polar surface area (TPSA) is 60.0 Å². The van der Waals surface area contributed by atoms with E-state index in [4.69, 9.17) is 0 Å². The van der Waals surface area contributed by atoms with Gasteiger partial charge in [0.25, 0.3) is 0 Å². The summed E-state index contributed by atoms with van der Waals surface area (Å²) >= 11 is 1.70. The molecule has 0 saturated carbocycles. The zero-order valence-electron chi connectivity index (χ0n) is 16.7. The van der Waals surface area contributed by atoms with Gasteiger partial charge in [-0.15, -0.1) is 35.3 Å². The second-order valence-electron chi connectivity index (χ2n) is 6.42. The number of nitrogens with one attached hydrogen (secondary N) is 2. The van der Waals surface area contributed by atoms with E-state index in [2.05, 4.69) is 51.2 Å². The van der Waals surface area contributed by atoms with Crippen molar-refractivity contribution in [1.82, 2.24) is 15.5 Å². The van der Waals surface area contributed by atoms with Crippen molar-refractivity contribution in [2.45, 2.75) is 13.0 Å². The molecule has 2 aromatic rings. The van der Waals surface area contributed by atoms with Gasteiger partial charge in [0.1, 0.15) is 6.54 Å². The van der Waals surface area contributed by atoms with Crippen molar-refractivity contribution >= 4 is 52.9 Å². The lowest BCUT2D eigenvalue weighted by atomic mass is 10.3. The number of benzene rings is 1. The fraction of sp³-hybridized carbons (Fsp3) is 0.400. The fourth-order valence-electron chi connectivity index (χ4n) is 2.38. The lowest BCUT2D eigenvalue weighted by Crippen LogP contribution is -2.39. The van der Waals surface area contributed by atoms with Crippen molar-refractivity contribution in [1.29, 1.82) is 0 Å². The molecule has 28 heavy (non-hydrogen) atoms. The average Bonchev–Trinajstić information content (AvgIpc) is 3.20. The summed E-state index contributed by atoms with van der Waals surface area (Å²) in [5.74, 6) is 0.650. The van der Waals surface area contributed by atoms with E-state index >= 15 is 0 Å². The van der Waals surface area contributed by atoms with Crippen molar-refractivity contribution in [3.8, 4) is 0 Å². The van der Waals surface area contributed by atoms with Crippen LogP contribution in [0.5, 0.6) is 0 Å². The largest absolute Gasteiger partial charge is 0.375 e. The van der Waals surface area contributed by atoms with Gasteiger partial charge in [-0.1, -0.05) is 24.3 Å². The van der Waals surface area contributed by atoms with E-state index < -0.39 is 0 Å². The molecule has 0 unspecified atom stereocenters. The van der Waals surface area contributed by atoms with Gasteiger partial charge in [0.15, 0.2) is 5.96 Å². The van der Waals surface area contributed by atoms with Crippen molar-refractivity contribution in [2.75, 3.05) is 45.7 Å². The van der Waals surface area contributed by atoms with Crippen LogP contribution in [0.2, 0.25) is 0 Å². The van der Waals surface area contributed by atoms with Gasteiger partial charge in [-0.05, 0) is 30.0 Å². The lowest BCUT2D eigenvalue weighted by Gasteiger charge is -2.19. The van der Waals surface area contributed by atoms with E-state index in [1.54, 1.807) is 30.3 Å². The quantitative estimate of drug-likeness (QED) is 0.233.